The van der Waals surface area contributed by atoms with E-state index in [1.165, 1.54) is 18.7 Å². The van der Waals surface area contributed by atoms with Gasteiger partial charge in [-0.2, -0.15) is 0 Å². The SMILES string of the molecule is CSc1[nH]c2cc(Br)ccc2c(=O)c1C(C)=O. The summed E-state index contributed by atoms with van der Waals surface area (Å²) in [6.45, 7) is 1.41. The molecule has 0 aliphatic heterocycles. The number of H-pyrrole nitrogens is 1. The van der Waals surface area contributed by atoms with Crippen molar-refractivity contribution in [3.8, 4) is 0 Å². The zero-order valence-electron chi connectivity index (χ0n) is 9.33. The van der Waals surface area contributed by atoms with Crippen molar-refractivity contribution in [2.75, 3.05) is 6.26 Å². The van der Waals surface area contributed by atoms with E-state index in [4.69, 9.17) is 0 Å². The molecule has 0 unspecified atom stereocenters. The summed E-state index contributed by atoms with van der Waals surface area (Å²) in [5.74, 6) is -0.208. The Morgan fingerprint density at radius 1 is 1.41 bits per heavy atom. The second-order valence-corrected chi connectivity index (χ2v) is 5.34. The molecule has 3 nitrogen and oxygen atoms in total. The van der Waals surface area contributed by atoms with Gasteiger partial charge in [0.15, 0.2) is 5.78 Å². The largest absolute Gasteiger partial charge is 0.349 e. The molecule has 0 bridgehead atoms. The van der Waals surface area contributed by atoms with Gasteiger partial charge in [0.2, 0.25) is 5.43 Å². The van der Waals surface area contributed by atoms with E-state index in [2.05, 4.69) is 20.9 Å². The Morgan fingerprint density at radius 3 is 2.71 bits per heavy atom. The van der Waals surface area contributed by atoms with Crippen LogP contribution in [0.1, 0.15) is 17.3 Å². The van der Waals surface area contributed by atoms with Crippen molar-refractivity contribution in [3.05, 3.63) is 38.5 Å². The number of thioether (sulfide) groups is 1. The summed E-state index contributed by atoms with van der Waals surface area (Å²) in [6.07, 6.45) is 1.83. The van der Waals surface area contributed by atoms with E-state index in [1.807, 2.05) is 12.3 Å². The number of carbonyl (C=O) groups is 1. The average molecular weight is 312 g/mol. The van der Waals surface area contributed by atoms with Crippen LogP contribution in [0.4, 0.5) is 0 Å². The van der Waals surface area contributed by atoms with E-state index in [0.717, 1.165) is 9.99 Å². The molecular formula is C12H10BrNO2S. The maximum atomic E-state index is 12.2. The van der Waals surface area contributed by atoms with Crippen LogP contribution in [0.5, 0.6) is 0 Å². The molecule has 1 N–H and O–H groups in total. The van der Waals surface area contributed by atoms with Gasteiger partial charge in [-0.25, -0.2) is 0 Å². The standard InChI is InChI=1S/C12H10BrNO2S/c1-6(15)10-11(16)8-4-3-7(13)5-9(8)14-12(10)17-2/h3-5H,1-2H3,(H,14,16). The van der Waals surface area contributed by atoms with Crippen molar-refractivity contribution in [2.45, 2.75) is 11.9 Å². The monoisotopic (exact) mass is 311 g/mol. The molecule has 5 heteroatoms. The second kappa shape index (κ2) is 4.66. The normalized spacial score (nSPS) is 10.8. The topological polar surface area (TPSA) is 49.9 Å². The number of pyridine rings is 1. The van der Waals surface area contributed by atoms with Crippen LogP contribution in [0.25, 0.3) is 10.9 Å². The van der Waals surface area contributed by atoms with Crippen molar-refractivity contribution in [3.63, 3.8) is 0 Å². The zero-order chi connectivity index (χ0) is 12.6. The second-order valence-electron chi connectivity index (χ2n) is 3.61. The summed E-state index contributed by atoms with van der Waals surface area (Å²) >= 11 is 4.72. The lowest BCUT2D eigenvalue weighted by atomic mass is 10.1. The van der Waals surface area contributed by atoms with Crippen LogP contribution in [0.15, 0.2) is 32.5 Å². The van der Waals surface area contributed by atoms with Gasteiger partial charge in [0.25, 0.3) is 0 Å². The first kappa shape index (κ1) is 12.4. The van der Waals surface area contributed by atoms with Crippen LogP contribution < -0.4 is 5.43 Å². The number of aromatic nitrogens is 1. The smallest absolute Gasteiger partial charge is 0.201 e. The van der Waals surface area contributed by atoms with E-state index >= 15 is 0 Å². The predicted molar refractivity (Wildman–Crippen MR) is 74.1 cm³/mol. The third-order valence-electron chi connectivity index (χ3n) is 2.48. The summed E-state index contributed by atoms with van der Waals surface area (Å²) in [6, 6.07) is 5.34. The molecule has 2 aromatic rings. The summed E-state index contributed by atoms with van der Waals surface area (Å²) in [7, 11) is 0. The highest BCUT2D eigenvalue weighted by atomic mass is 79.9. The van der Waals surface area contributed by atoms with Gasteiger partial charge in [-0.15, -0.1) is 11.8 Å². The highest BCUT2D eigenvalue weighted by Gasteiger charge is 2.15. The number of hydrogen-bond donors (Lipinski definition) is 1. The predicted octanol–water partition coefficient (Wildman–Crippen LogP) is 3.22. The summed E-state index contributed by atoms with van der Waals surface area (Å²) in [4.78, 5) is 26.8. The first-order valence-electron chi connectivity index (χ1n) is 4.95. The molecular weight excluding hydrogens is 302 g/mol. The molecule has 0 saturated heterocycles. The summed E-state index contributed by atoms with van der Waals surface area (Å²) in [5, 5.41) is 1.16. The van der Waals surface area contributed by atoms with E-state index < -0.39 is 0 Å². The van der Waals surface area contributed by atoms with Crippen LogP contribution in [0.2, 0.25) is 0 Å². The number of halogens is 1. The molecule has 0 saturated carbocycles. The molecule has 1 aromatic carbocycles. The molecule has 0 radical (unpaired) electrons. The number of Topliss-reactive ketones (excluding diaryl/α,β-unsaturated/α-hetero) is 1. The van der Waals surface area contributed by atoms with Crippen molar-refractivity contribution in [1.29, 1.82) is 0 Å². The molecule has 0 atom stereocenters. The maximum absolute atomic E-state index is 12.2. The van der Waals surface area contributed by atoms with Gasteiger partial charge in [-0.05, 0) is 31.4 Å². The van der Waals surface area contributed by atoms with Crippen LogP contribution in [0.3, 0.4) is 0 Å². The molecule has 88 valence electrons. The first-order valence-corrected chi connectivity index (χ1v) is 6.97. The number of aromatic amines is 1. The highest BCUT2D eigenvalue weighted by Crippen LogP contribution is 2.22. The van der Waals surface area contributed by atoms with Crippen LogP contribution in [-0.2, 0) is 0 Å². The maximum Gasteiger partial charge on any atom is 0.201 e. The van der Waals surface area contributed by atoms with Gasteiger partial charge in [0.1, 0.15) is 0 Å². The van der Waals surface area contributed by atoms with Gasteiger partial charge in [-0.3, -0.25) is 9.59 Å². The molecule has 1 aromatic heterocycles. The van der Waals surface area contributed by atoms with Crippen molar-refractivity contribution < 1.29 is 4.79 Å². The Kier molecular flexibility index (Phi) is 3.40. The van der Waals surface area contributed by atoms with Gasteiger partial charge in [0.05, 0.1) is 16.1 Å². The summed E-state index contributed by atoms with van der Waals surface area (Å²) < 4.78 is 0.892. The number of benzene rings is 1. The van der Waals surface area contributed by atoms with Crippen LogP contribution >= 0.6 is 27.7 Å². The van der Waals surface area contributed by atoms with Crippen molar-refractivity contribution >= 4 is 44.4 Å². The number of fused-ring (bicyclic) bond motifs is 1. The lowest BCUT2D eigenvalue weighted by Gasteiger charge is -2.07. The Bertz CT molecular complexity index is 663. The van der Waals surface area contributed by atoms with Crippen LogP contribution in [-0.4, -0.2) is 17.0 Å². The first-order chi connectivity index (χ1) is 8.04. The Hall–Kier alpha value is -1.07. The average Bonchev–Trinajstić information content (AvgIpc) is 2.27. The number of hydrogen-bond acceptors (Lipinski definition) is 3. The lowest BCUT2D eigenvalue weighted by Crippen LogP contribution is -2.16. The minimum atomic E-state index is -0.208. The highest BCUT2D eigenvalue weighted by molar-refractivity contribution is 9.10. The lowest BCUT2D eigenvalue weighted by molar-refractivity contribution is 0.101. The minimum Gasteiger partial charge on any atom is -0.349 e. The number of rotatable bonds is 2. The van der Waals surface area contributed by atoms with Gasteiger partial charge >= 0.3 is 0 Å². The number of carbonyl (C=O) groups excluding carboxylic acids is 1. The fraction of sp³-hybridized carbons (Fsp3) is 0.167. The molecule has 0 fully saturated rings. The molecule has 0 aliphatic rings. The van der Waals surface area contributed by atoms with Crippen molar-refractivity contribution in [1.82, 2.24) is 4.98 Å². The van der Waals surface area contributed by atoms with E-state index in [0.29, 0.717) is 10.4 Å². The Labute approximate surface area is 111 Å². The molecule has 2 rings (SSSR count). The Balaban J connectivity index is 2.93. The number of nitrogens with one attached hydrogen (secondary N) is 1. The third-order valence-corrected chi connectivity index (χ3v) is 3.69. The summed E-state index contributed by atoms with van der Waals surface area (Å²) in [5.41, 5.74) is 0.772. The molecule has 0 aliphatic carbocycles. The van der Waals surface area contributed by atoms with Crippen molar-refractivity contribution in [2.24, 2.45) is 0 Å². The fourth-order valence-corrected chi connectivity index (χ4v) is 2.73. The molecule has 0 spiro atoms. The number of ketones is 1. The quantitative estimate of drug-likeness (QED) is 0.684. The van der Waals surface area contributed by atoms with E-state index in [9.17, 15) is 9.59 Å². The van der Waals surface area contributed by atoms with Gasteiger partial charge in [-0.1, -0.05) is 15.9 Å². The third kappa shape index (κ3) is 2.17. The van der Waals surface area contributed by atoms with Gasteiger partial charge in [0, 0.05) is 9.86 Å². The molecule has 1 heterocycles. The molecule has 17 heavy (non-hydrogen) atoms. The molecule has 0 amide bonds. The van der Waals surface area contributed by atoms with Crippen LogP contribution in [0, 0.1) is 0 Å². The van der Waals surface area contributed by atoms with Gasteiger partial charge < -0.3 is 4.98 Å². The fourth-order valence-electron chi connectivity index (χ4n) is 1.71. The Morgan fingerprint density at radius 2 is 2.12 bits per heavy atom. The zero-order valence-corrected chi connectivity index (χ0v) is 11.7. The van der Waals surface area contributed by atoms with E-state index in [-0.39, 0.29) is 16.8 Å². The minimum absolute atomic E-state index is 0.205. The van der Waals surface area contributed by atoms with E-state index in [1.54, 1.807) is 12.1 Å².